The standard InChI is InChI=1S/C11H25N/c1-6-8-10(3)11(4)9-12(5)7-2/h10-11H,6-9H2,1-5H3. The molecule has 0 aliphatic carbocycles. The van der Waals surface area contributed by atoms with Gasteiger partial charge in [-0.25, -0.2) is 0 Å². The van der Waals surface area contributed by atoms with Gasteiger partial charge in [0, 0.05) is 6.54 Å². The lowest BCUT2D eigenvalue weighted by atomic mass is 9.91. The maximum Gasteiger partial charge on any atom is 0.000640 e. The summed E-state index contributed by atoms with van der Waals surface area (Å²) >= 11 is 0. The van der Waals surface area contributed by atoms with E-state index in [9.17, 15) is 0 Å². The highest BCUT2D eigenvalue weighted by molar-refractivity contribution is 4.64. The summed E-state index contributed by atoms with van der Waals surface area (Å²) in [5.41, 5.74) is 0. The number of hydrogen-bond donors (Lipinski definition) is 0. The maximum absolute atomic E-state index is 2.40. The Labute approximate surface area is 78.1 Å². The zero-order valence-electron chi connectivity index (χ0n) is 9.43. The van der Waals surface area contributed by atoms with Gasteiger partial charge in [0.2, 0.25) is 0 Å². The molecular formula is C11H25N. The molecule has 0 saturated carbocycles. The number of hydrogen-bond acceptors (Lipinski definition) is 1. The summed E-state index contributed by atoms with van der Waals surface area (Å²) in [6.45, 7) is 11.6. The predicted octanol–water partition coefficient (Wildman–Crippen LogP) is 3.01. The topological polar surface area (TPSA) is 3.24 Å². The summed E-state index contributed by atoms with van der Waals surface area (Å²) < 4.78 is 0. The Morgan fingerprint density at radius 3 is 2.08 bits per heavy atom. The minimum atomic E-state index is 0.842. The highest BCUT2D eigenvalue weighted by Gasteiger charge is 2.12. The summed E-state index contributed by atoms with van der Waals surface area (Å²) in [4.78, 5) is 2.40. The summed E-state index contributed by atoms with van der Waals surface area (Å²) in [5.74, 6) is 1.72. The molecule has 0 bridgehead atoms. The molecule has 1 heteroatoms. The van der Waals surface area contributed by atoms with Gasteiger partial charge in [0.15, 0.2) is 0 Å². The average Bonchev–Trinajstić information content (AvgIpc) is 2.04. The molecule has 0 aliphatic heterocycles. The quantitative estimate of drug-likeness (QED) is 0.594. The lowest BCUT2D eigenvalue weighted by molar-refractivity contribution is 0.242. The molecule has 12 heavy (non-hydrogen) atoms. The van der Waals surface area contributed by atoms with E-state index in [4.69, 9.17) is 0 Å². The van der Waals surface area contributed by atoms with Crippen molar-refractivity contribution in [1.82, 2.24) is 4.90 Å². The first-order valence-corrected chi connectivity index (χ1v) is 5.30. The van der Waals surface area contributed by atoms with Crippen LogP contribution in [0.1, 0.15) is 40.5 Å². The lowest BCUT2D eigenvalue weighted by Gasteiger charge is -2.24. The molecule has 0 amide bonds. The van der Waals surface area contributed by atoms with Gasteiger partial charge in [-0.3, -0.25) is 0 Å². The van der Waals surface area contributed by atoms with Crippen molar-refractivity contribution in [3.63, 3.8) is 0 Å². The molecule has 0 aliphatic rings. The minimum absolute atomic E-state index is 0.842. The van der Waals surface area contributed by atoms with E-state index in [2.05, 4.69) is 39.6 Å². The fourth-order valence-corrected chi connectivity index (χ4v) is 1.54. The van der Waals surface area contributed by atoms with Gasteiger partial charge in [-0.15, -0.1) is 0 Å². The Morgan fingerprint density at radius 2 is 1.67 bits per heavy atom. The molecule has 2 atom stereocenters. The highest BCUT2D eigenvalue weighted by Crippen LogP contribution is 2.17. The molecule has 0 radical (unpaired) electrons. The summed E-state index contributed by atoms with van der Waals surface area (Å²) in [6, 6.07) is 0. The van der Waals surface area contributed by atoms with Crippen molar-refractivity contribution < 1.29 is 0 Å². The molecule has 0 aromatic rings. The Morgan fingerprint density at radius 1 is 1.08 bits per heavy atom. The largest absolute Gasteiger partial charge is 0.306 e. The third-order valence-corrected chi connectivity index (χ3v) is 2.85. The van der Waals surface area contributed by atoms with Crippen LogP contribution in [0.2, 0.25) is 0 Å². The van der Waals surface area contributed by atoms with Crippen molar-refractivity contribution in [3.8, 4) is 0 Å². The Hall–Kier alpha value is -0.0400. The van der Waals surface area contributed by atoms with Gasteiger partial charge >= 0.3 is 0 Å². The molecule has 0 spiro atoms. The van der Waals surface area contributed by atoms with E-state index >= 15 is 0 Å². The van der Waals surface area contributed by atoms with Gasteiger partial charge in [-0.1, -0.05) is 40.5 Å². The van der Waals surface area contributed by atoms with E-state index in [1.54, 1.807) is 0 Å². The van der Waals surface area contributed by atoms with Crippen LogP contribution >= 0.6 is 0 Å². The highest BCUT2D eigenvalue weighted by atomic mass is 15.1. The van der Waals surface area contributed by atoms with Gasteiger partial charge in [0.25, 0.3) is 0 Å². The van der Waals surface area contributed by atoms with Crippen LogP contribution in [0.3, 0.4) is 0 Å². The second kappa shape index (κ2) is 6.47. The fourth-order valence-electron chi connectivity index (χ4n) is 1.54. The normalized spacial score (nSPS) is 16.5. The average molecular weight is 171 g/mol. The van der Waals surface area contributed by atoms with Crippen LogP contribution in [0, 0.1) is 11.8 Å². The molecular weight excluding hydrogens is 146 g/mol. The first kappa shape index (κ1) is 12.0. The van der Waals surface area contributed by atoms with Crippen LogP contribution < -0.4 is 0 Å². The third-order valence-electron chi connectivity index (χ3n) is 2.85. The zero-order chi connectivity index (χ0) is 9.56. The van der Waals surface area contributed by atoms with Crippen molar-refractivity contribution >= 4 is 0 Å². The van der Waals surface area contributed by atoms with Gasteiger partial charge in [0.1, 0.15) is 0 Å². The number of rotatable bonds is 6. The summed E-state index contributed by atoms with van der Waals surface area (Å²) in [7, 11) is 2.20. The van der Waals surface area contributed by atoms with Crippen molar-refractivity contribution in [1.29, 1.82) is 0 Å². The molecule has 0 aromatic heterocycles. The van der Waals surface area contributed by atoms with Gasteiger partial charge in [-0.2, -0.15) is 0 Å². The van der Waals surface area contributed by atoms with Crippen molar-refractivity contribution in [2.75, 3.05) is 20.1 Å². The van der Waals surface area contributed by atoms with Crippen molar-refractivity contribution in [2.45, 2.75) is 40.5 Å². The van der Waals surface area contributed by atoms with E-state index in [0.717, 1.165) is 11.8 Å². The molecule has 0 rings (SSSR count). The summed E-state index contributed by atoms with van der Waals surface area (Å²) in [5, 5.41) is 0. The van der Waals surface area contributed by atoms with Crippen LogP contribution in [0.4, 0.5) is 0 Å². The number of nitrogens with zero attached hydrogens (tertiary/aromatic N) is 1. The molecule has 1 nitrogen and oxygen atoms in total. The first-order valence-electron chi connectivity index (χ1n) is 5.30. The minimum Gasteiger partial charge on any atom is -0.306 e. The van der Waals surface area contributed by atoms with E-state index in [1.165, 1.54) is 25.9 Å². The summed E-state index contributed by atoms with van der Waals surface area (Å²) in [6.07, 6.45) is 2.69. The van der Waals surface area contributed by atoms with E-state index < -0.39 is 0 Å². The SMILES string of the molecule is CCCC(C)C(C)CN(C)CC. The second-order valence-electron chi connectivity index (χ2n) is 4.10. The molecule has 0 aromatic carbocycles. The molecule has 0 fully saturated rings. The molecule has 0 heterocycles. The van der Waals surface area contributed by atoms with Crippen LogP contribution in [0.25, 0.3) is 0 Å². The Balaban J connectivity index is 3.62. The van der Waals surface area contributed by atoms with E-state index in [0.29, 0.717) is 0 Å². The zero-order valence-corrected chi connectivity index (χ0v) is 9.43. The first-order chi connectivity index (χ1) is 5.61. The van der Waals surface area contributed by atoms with Gasteiger partial charge < -0.3 is 4.90 Å². The molecule has 2 unspecified atom stereocenters. The smallest absolute Gasteiger partial charge is 0.000640 e. The van der Waals surface area contributed by atoms with Crippen LogP contribution in [0.5, 0.6) is 0 Å². The van der Waals surface area contributed by atoms with Crippen molar-refractivity contribution in [2.24, 2.45) is 11.8 Å². The predicted molar refractivity (Wildman–Crippen MR) is 56.4 cm³/mol. The van der Waals surface area contributed by atoms with Crippen LogP contribution in [-0.4, -0.2) is 25.0 Å². The Kier molecular flexibility index (Phi) is 6.45. The van der Waals surface area contributed by atoms with E-state index in [1.807, 2.05) is 0 Å². The van der Waals surface area contributed by atoms with Gasteiger partial charge in [-0.05, 0) is 25.4 Å². The Bertz CT molecular complexity index is 101. The third kappa shape index (κ3) is 4.76. The maximum atomic E-state index is 2.40. The van der Waals surface area contributed by atoms with Crippen molar-refractivity contribution in [3.05, 3.63) is 0 Å². The van der Waals surface area contributed by atoms with Crippen LogP contribution in [-0.2, 0) is 0 Å². The van der Waals surface area contributed by atoms with E-state index in [-0.39, 0.29) is 0 Å². The molecule has 0 N–H and O–H groups in total. The monoisotopic (exact) mass is 171 g/mol. The molecule has 0 saturated heterocycles. The lowest BCUT2D eigenvalue weighted by Crippen LogP contribution is -2.27. The second-order valence-corrected chi connectivity index (χ2v) is 4.10. The van der Waals surface area contributed by atoms with Crippen LogP contribution in [0.15, 0.2) is 0 Å². The fraction of sp³-hybridized carbons (Fsp3) is 1.00. The van der Waals surface area contributed by atoms with Gasteiger partial charge in [0.05, 0.1) is 0 Å². The molecule has 74 valence electrons.